The molecule has 4 nitrogen and oxygen atoms in total. The maximum Gasteiger partial charge on any atom is 0.317 e. The van der Waals surface area contributed by atoms with Crippen LogP contribution in [0.15, 0.2) is 0 Å². The number of amides is 2. The van der Waals surface area contributed by atoms with Crippen molar-refractivity contribution in [1.82, 2.24) is 10.2 Å². The Morgan fingerprint density at radius 2 is 2.46 bits per heavy atom. The summed E-state index contributed by atoms with van der Waals surface area (Å²) in [7, 11) is 1.81. The molecular weight excluding hydrogens is 168 g/mol. The van der Waals surface area contributed by atoms with Crippen molar-refractivity contribution in [3.8, 4) is 0 Å². The maximum atomic E-state index is 11.4. The Labute approximate surface area is 79.2 Å². The summed E-state index contributed by atoms with van der Waals surface area (Å²) in [6.45, 7) is 4.29. The van der Waals surface area contributed by atoms with E-state index in [-0.39, 0.29) is 12.1 Å². The van der Waals surface area contributed by atoms with Gasteiger partial charge in [-0.05, 0) is 12.8 Å². The molecule has 1 atom stereocenters. The van der Waals surface area contributed by atoms with E-state index in [2.05, 4.69) is 12.2 Å². The van der Waals surface area contributed by atoms with Crippen molar-refractivity contribution < 1.29 is 9.53 Å². The Kier molecular flexibility index (Phi) is 4.02. The van der Waals surface area contributed by atoms with Crippen molar-refractivity contribution in [2.45, 2.75) is 25.8 Å². The SMILES string of the molecule is CCCN(C)C(=O)NC1CCOC1. The smallest absolute Gasteiger partial charge is 0.317 e. The predicted molar refractivity (Wildman–Crippen MR) is 50.7 cm³/mol. The monoisotopic (exact) mass is 186 g/mol. The predicted octanol–water partition coefficient (Wildman–Crippen LogP) is 0.827. The van der Waals surface area contributed by atoms with E-state index in [9.17, 15) is 4.79 Å². The number of rotatable bonds is 3. The van der Waals surface area contributed by atoms with Gasteiger partial charge in [0.1, 0.15) is 0 Å². The van der Waals surface area contributed by atoms with Gasteiger partial charge in [0.05, 0.1) is 12.6 Å². The molecule has 0 aliphatic carbocycles. The minimum absolute atomic E-state index is 0.0114. The molecule has 4 heteroatoms. The molecule has 1 fully saturated rings. The molecule has 1 heterocycles. The van der Waals surface area contributed by atoms with E-state index in [1.165, 1.54) is 0 Å². The molecule has 1 N–H and O–H groups in total. The van der Waals surface area contributed by atoms with E-state index in [4.69, 9.17) is 4.74 Å². The molecule has 1 rings (SSSR count). The number of carbonyl (C=O) groups excluding carboxylic acids is 1. The van der Waals surface area contributed by atoms with Crippen molar-refractivity contribution in [2.24, 2.45) is 0 Å². The molecule has 0 aromatic carbocycles. The molecule has 1 aliphatic rings. The average Bonchev–Trinajstić information content (AvgIpc) is 2.57. The first-order valence-electron chi connectivity index (χ1n) is 4.83. The second-order valence-electron chi connectivity index (χ2n) is 3.43. The highest BCUT2D eigenvalue weighted by molar-refractivity contribution is 5.74. The normalized spacial score (nSPS) is 21.5. The first-order chi connectivity index (χ1) is 6.24. The third-order valence-electron chi connectivity index (χ3n) is 2.16. The van der Waals surface area contributed by atoms with Crippen LogP contribution < -0.4 is 5.32 Å². The zero-order valence-electron chi connectivity index (χ0n) is 8.38. The van der Waals surface area contributed by atoms with Crippen molar-refractivity contribution in [3.63, 3.8) is 0 Å². The lowest BCUT2D eigenvalue weighted by Crippen LogP contribution is -2.43. The molecule has 1 unspecified atom stereocenters. The van der Waals surface area contributed by atoms with Crippen LogP contribution in [0.5, 0.6) is 0 Å². The van der Waals surface area contributed by atoms with E-state index in [0.717, 1.165) is 26.0 Å². The largest absolute Gasteiger partial charge is 0.379 e. The summed E-state index contributed by atoms with van der Waals surface area (Å²) < 4.78 is 5.16. The van der Waals surface area contributed by atoms with E-state index < -0.39 is 0 Å². The minimum Gasteiger partial charge on any atom is -0.379 e. The standard InChI is InChI=1S/C9H18N2O2/c1-3-5-11(2)9(12)10-8-4-6-13-7-8/h8H,3-7H2,1-2H3,(H,10,12). The maximum absolute atomic E-state index is 11.4. The molecule has 0 radical (unpaired) electrons. The topological polar surface area (TPSA) is 41.6 Å². The summed E-state index contributed by atoms with van der Waals surface area (Å²) in [5, 5.41) is 2.93. The molecule has 0 aromatic rings. The fourth-order valence-corrected chi connectivity index (χ4v) is 1.37. The van der Waals surface area contributed by atoms with Crippen LogP contribution in [-0.2, 0) is 4.74 Å². The van der Waals surface area contributed by atoms with Gasteiger partial charge in [-0.3, -0.25) is 0 Å². The number of hydrogen-bond donors (Lipinski definition) is 1. The second-order valence-corrected chi connectivity index (χ2v) is 3.43. The van der Waals surface area contributed by atoms with Gasteiger partial charge in [0.15, 0.2) is 0 Å². The lowest BCUT2D eigenvalue weighted by molar-refractivity contribution is 0.182. The third kappa shape index (κ3) is 3.22. The number of urea groups is 1. The first-order valence-corrected chi connectivity index (χ1v) is 4.83. The van der Waals surface area contributed by atoms with Crippen LogP contribution in [0.4, 0.5) is 4.79 Å². The van der Waals surface area contributed by atoms with Gasteiger partial charge >= 0.3 is 6.03 Å². The lowest BCUT2D eigenvalue weighted by atomic mass is 10.3. The van der Waals surface area contributed by atoms with Crippen LogP contribution >= 0.6 is 0 Å². The summed E-state index contributed by atoms with van der Waals surface area (Å²) in [6, 6.07) is 0.226. The molecule has 1 aliphatic heterocycles. The number of carbonyl (C=O) groups is 1. The first kappa shape index (κ1) is 10.3. The molecule has 0 aromatic heterocycles. The second kappa shape index (κ2) is 5.07. The Bertz CT molecular complexity index is 167. The highest BCUT2D eigenvalue weighted by Gasteiger charge is 2.18. The van der Waals surface area contributed by atoms with Gasteiger partial charge in [-0.2, -0.15) is 0 Å². The van der Waals surface area contributed by atoms with E-state index in [1.54, 1.807) is 4.90 Å². The fraction of sp³-hybridized carbons (Fsp3) is 0.889. The van der Waals surface area contributed by atoms with Crippen molar-refractivity contribution in [2.75, 3.05) is 26.8 Å². The Morgan fingerprint density at radius 1 is 1.69 bits per heavy atom. The molecule has 0 spiro atoms. The summed E-state index contributed by atoms with van der Waals surface area (Å²) in [5.41, 5.74) is 0. The van der Waals surface area contributed by atoms with Crippen LogP contribution in [0.1, 0.15) is 19.8 Å². The fourth-order valence-electron chi connectivity index (χ4n) is 1.37. The van der Waals surface area contributed by atoms with Crippen LogP contribution in [0.2, 0.25) is 0 Å². The van der Waals surface area contributed by atoms with E-state index in [1.807, 2.05) is 7.05 Å². The van der Waals surface area contributed by atoms with Gasteiger partial charge in [-0.15, -0.1) is 0 Å². The Hall–Kier alpha value is -0.770. The van der Waals surface area contributed by atoms with Crippen LogP contribution in [0.25, 0.3) is 0 Å². The van der Waals surface area contributed by atoms with Crippen LogP contribution in [-0.4, -0.2) is 43.8 Å². The zero-order valence-corrected chi connectivity index (χ0v) is 8.38. The molecule has 76 valence electrons. The summed E-state index contributed by atoms with van der Waals surface area (Å²) >= 11 is 0. The number of ether oxygens (including phenoxy) is 1. The molecule has 0 saturated carbocycles. The summed E-state index contributed by atoms with van der Waals surface area (Å²) in [4.78, 5) is 13.2. The van der Waals surface area contributed by atoms with Crippen molar-refractivity contribution >= 4 is 6.03 Å². The van der Waals surface area contributed by atoms with Crippen molar-refractivity contribution in [3.05, 3.63) is 0 Å². The van der Waals surface area contributed by atoms with Crippen LogP contribution in [0.3, 0.4) is 0 Å². The van der Waals surface area contributed by atoms with Gasteiger partial charge in [0.25, 0.3) is 0 Å². The zero-order chi connectivity index (χ0) is 9.68. The number of nitrogens with zero attached hydrogens (tertiary/aromatic N) is 1. The molecule has 2 amide bonds. The summed E-state index contributed by atoms with van der Waals surface area (Å²) in [5.74, 6) is 0. The minimum atomic E-state index is 0.0114. The summed E-state index contributed by atoms with van der Waals surface area (Å²) in [6.07, 6.45) is 1.93. The lowest BCUT2D eigenvalue weighted by Gasteiger charge is -2.19. The van der Waals surface area contributed by atoms with Gasteiger partial charge in [-0.1, -0.05) is 6.92 Å². The van der Waals surface area contributed by atoms with Gasteiger partial charge < -0.3 is 15.0 Å². The van der Waals surface area contributed by atoms with E-state index >= 15 is 0 Å². The van der Waals surface area contributed by atoms with Crippen molar-refractivity contribution in [1.29, 1.82) is 0 Å². The molecule has 13 heavy (non-hydrogen) atoms. The highest BCUT2D eigenvalue weighted by atomic mass is 16.5. The number of nitrogens with one attached hydrogen (secondary N) is 1. The number of hydrogen-bond acceptors (Lipinski definition) is 2. The van der Waals surface area contributed by atoms with E-state index in [0.29, 0.717) is 6.61 Å². The Balaban J connectivity index is 2.22. The molecule has 0 bridgehead atoms. The molecule has 1 saturated heterocycles. The van der Waals surface area contributed by atoms with Gasteiger partial charge in [0, 0.05) is 20.2 Å². The van der Waals surface area contributed by atoms with Gasteiger partial charge in [-0.25, -0.2) is 4.79 Å². The average molecular weight is 186 g/mol. The quantitative estimate of drug-likeness (QED) is 0.709. The van der Waals surface area contributed by atoms with Crippen LogP contribution in [0, 0.1) is 0 Å². The third-order valence-corrected chi connectivity index (χ3v) is 2.16. The van der Waals surface area contributed by atoms with Gasteiger partial charge in [0.2, 0.25) is 0 Å². The Morgan fingerprint density at radius 3 is 3.00 bits per heavy atom. The highest BCUT2D eigenvalue weighted by Crippen LogP contribution is 2.03. The molecular formula is C9H18N2O2.